The van der Waals surface area contributed by atoms with Crippen molar-refractivity contribution in [2.75, 3.05) is 0 Å². The van der Waals surface area contributed by atoms with Gasteiger partial charge in [0.1, 0.15) is 0 Å². The van der Waals surface area contributed by atoms with E-state index in [1.807, 2.05) is 72.8 Å². The van der Waals surface area contributed by atoms with E-state index in [0.29, 0.717) is 17.6 Å². The summed E-state index contributed by atoms with van der Waals surface area (Å²) in [6.45, 7) is 18.1. The number of thiophene rings is 1. The molecule has 0 amide bonds. The molecule has 2 aromatic heterocycles. The largest absolute Gasteiger partial charge is 0.405 e. The highest BCUT2D eigenvalue weighted by Crippen LogP contribution is 2.42. The maximum atomic E-state index is 9.36. The Morgan fingerprint density at radius 2 is 1.73 bits per heavy atom. The number of nitrogens with zero attached hydrogens (tertiary/aromatic N) is 3. The molecule has 0 unspecified atom stereocenters. The molecule has 4 aromatic rings. The Morgan fingerprint density at radius 1 is 1.00 bits per heavy atom. The van der Waals surface area contributed by atoms with Crippen LogP contribution in [0.1, 0.15) is 70.7 Å². The normalized spacial score (nSPS) is 10.6. The average Bonchev–Trinajstić information content (AvgIpc) is 3.39. The highest BCUT2D eigenvalue weighted by Gasteiger charge is 2.17. The Labute approximate surface area is 244 Å². The van der Waals surface area contributed by atoms with E-state index in [-0.39, 0.29) is 0 Å². The van der Waals surface area contributed by atoms with Crippen molar-refractivity contribution in [3.05, 3.63) is 101 Å². The Balaban J connectivity index is 0.00000125. The van der Waals surface area contributed by atoms with Crippen LogP contribution in [0.2, 0.25) is 0 Å². The van der Waals surface area contributed by atoms with E-state index < -0.39 is 0 Å². The van der Waals surface area contributed by atoms with Gasteiger partial charge >= 0.3 is 0 Å². The number of hydrogen-bond donors (Lipinski definition) is 1. The molecule has 2 N–H and O–H groups in total. The summed E-state index contributed by atoms with van der Waals surface area (Å²) >= 11 is 1.72. The second-order valence-electron chi connectivity index (χ2n) is 7.64. The molecule has 0 aliphatic heterocycles. The number of rotatable bonds is 6. The van der Waals surface area contributed by atoms with E-state index in [1.165, 1.54) is 16.3 Å². The summed E-state index contributed by atoms with van der Waals surface area (Å²) in [6.07, 6.45) is 13.2. The molecule has 0 saturated heterocycles. The molecule has 0 spiro atoms. The van der Waals surface area contributed by atoms with Crippen LogP contribution in [0.3, 0.4) is 0 Å². The van der Waals surface area contributed by atoms with Crippen LogP contribution in [0.25, 0.3) is 43.6 Å². The summed E-state index contributed by atoms with van der Waals surface area (Å²) in [6, 6.07) is 16.5. The Hall–Kier alpha value is -4.45. The van der Waals surface area contributed by atoms with Gasteiger partial charge in [-0.25, -0.2) is 0 Å². The van der Waals surface area contributed by atoms with Crippen molar-refractivity contribution >= 4 is 43.7 Å². The quantitative estimate of drug-likeness (QED) is 0.192. The lowest BCUT2D eigenvalue weighted by Crippen LogP contribution is -1.92. The zero-order valence-corrected chi connectivity index (χ0v) is 25.6. The maximum Gasteiger partial charge on any atom is 0.0992 e. The van der Waals surface area contributed by atoms with Gasteiger partial charge in [-0.05, 0) is 66.6 Å². The van der Waals surface area contributed by atoms with Gasteiger partial charge in [-0.1, -0.05) is 84.6 Å². The molecule has 0 atom stereocenters. The van der Waals surface area contributed by atoms with Gasteiger partial charge in [0.25, 0.3) is 0 Å². The van der Waals surface area contributed by atoms with E-state index in [0.717, 1.165) is 38.0 Å². The number of nitriles is 2. The van der Waals surface area contributed by atoms with Crippen molar-refractivity contribution in [3.63, 3.8) is 0 Å². The van der Waals surface area contributed by atoms with Crippen molar-refractivity contribution in [3.8, 4) is 23.4 Å². The second-order valence-corrected chi connectivity index (χ2v) is 8.72. The summed E-state index contributed by atoms with van der Waals surface area (Å²) in [5.74, 6) is 0. The summed E-state index contributed by atoms with van der Waals surface area (Å²) in [7, 11) is 0. The van der Waals surface area contributed by atoms with Gasteiger partial charge in [0.15, 0.2) is 0 Å². The lowest BCUT2D eigenvalue weighted by molar-refractivity contribution is 1.27. The molecule has 2 heterocycles. The SMILES string of the molecule is C=Cc1c(/C=C\C)c(-c2cc(C#N)ccn2)cc2sc3cc(C/C=C(C#N)\C=C/N)ccc3c12.CC.CC.CC. The Bertz CT molecular complexity index is 1590. The van der Waals surface area contributed by atoms with Crippen LogP contribution in [-0.2, 0) is 6.42 Å². The van der Waals surface area contributed by atoms with Gasteiger partial charge < -0.3 is 5.73 Å². The number of aromatic nitrogens is 1. The van der Waals surface area contributed by atoms with E-state index in [2.05, 4.69) is 54.0 Å². The van der Waals surface area contributed by atoms with Crippen molar-refractivity contribution < 1.29 is 0 Å². The predicted octanol–water partition coefficient (Wildman–Crippen LogP) is 10.2. The fourth-order valence-electron chi connectivity index (χ4n) is 4.05. The number of pyridine rings is 1. The zero-order chi connectivity index (χ0) is 30.1. The Morgan fingerprint density at radius 3 is 2.33 bits per heavy atom. The van der Waals surface area contributed by atoms with Gasteiger partial charge in [0.2, 0.25) is 0 Å². The van der Waals surface area contributed by atoms with E-state index in [1.54, 1.807) is 29.7 Å². The minimum Gasteiger partial charge on any atom is -0.405 e. The second kappa shape index (κ2) is 17.9. The van der Waals surface area contributed by atoms with Crippen LogP contribution in [0.4, 0.5) is 0 Å². The molecule has 0 radical (unpaired) electrons. The number of benzene rings is 2. The topological polar surface area (TPSA) is 86.5 Å². The fraction of sp³-hybridized carbons (Fsp3) is 0.229. The monoisotopic (exact) mass is 548 g/mol. The third-order valence-corrected chi connectivity index (χ3v) is 6.67. The lowest BCUT2D eigenvalue weighted by Gasteiger charge is -2.12. The van der Waals surface area contributed by atoms with Gasteiger partial charge in [-0.2, -0.15) is 10.5 Å². The Kier molecular flexibility index (Phi) is 15.1. The molecule has 0 saturated carbocycles. The molecule has 4 nitrogen and oxygen atoms in total. The molecule has 0 aliphatic rings. The summed E-state index contributed by atoms with van der Waals surface area (Å²) in [5, 5.41) is 20.9. The standard InChI is InChI=1S/C29H22N4S.3C2H6/c1-3-5-23-22(4-2)29-24-9-8-19(6-7-20(17-31)10-12-30)15-27(24)34-28(29)16-25(23)26-14-21(18-32)11-13-33-26;3*1-2/h3-5,7-16H,2,6,30H2,1H3;3*1-2H3/b5-3-,12-10-,20-7+;;;. The lowest BCUT2D eigenvalue weighted by atomic mass is 9.93. The van der Waals surface area contributed by atoms with Crippen LogP contribution in [0.15, 0.2) is 79.2 Å². The third-order valence-electron chi connectivity index (χ3n) is 5.57. The number of allylic oxidation sites excluding steroid dienone is 4. The van der Waals surface area contributed by atoms with Crippen LogP contribution in [-0.4, -0.2) is 4.98 Å². The molecular weight excluding hydrogens is 508 g/mol. The van der Waals surface area contributed by atoms with Crippen molar-refractivity contribution in [1.82, 2.24) is 4.98 Å². The molecule has 5 heteroatoms. The van der Waals surface area contributed by atoms with Crippen LogP contribution in [0.5, 0.6) is 0 Å². The number of nitrogens with two attached hydrogens (primary N) is 1. The first-order valence-electron chi connectivity index (χ1n) is 13.8. The molecule has 0 aliphatic carbocycles. The number of hydrogen-bond acceptors (Lipinski definition) is 5. The van der Waals surface area contributed by atoms with Gasteiger partial charge in [-0.15, -0.1) is 11.3 Å². The van der Waals surface area contributed by atoms with Crippen LogP contribution < -0.4 is 5.73 Å². The van der Waals surface area contributed by atoms with E-state index in [9.17, 15) is 10.5 Å². The molecule has 40 heavy (non-hydrogen) atoms. The van der Waals surface area contributed by atoms with Crippen molar-refractivity contribution in [2.45, 2.75) is 54.9 Å². The van der Waals surface area contributed by atoms with Gasteiger partial charge in [0, 0.05) is 37.5 Å². The van der Waals surface area contributed by atoms with E-state index in [4.69, 9.17) is 5.73 Å². The van der Waals surface area contributed by atoms with Crippen LogP contribution >= 0.6 is 11.3 Å². The molecule has 0 fully saturated rings. The smallest absolute Gasteiger partial charge is 0.0992 e. The minimum absolute atomic E-state index is 0.542. The van der Waals surface area contributed by atoms with Crippen molar-refractivity contribution in [2.24, 2.45) is 5.73 Å². The molecular formula is C35H40N4S. The highest BCUT2D eigenvalue weighted by atomic mass is 32.1. The van der Waals surface area contributed by atoms with Crippen LogP contribution in [0, 0.1) is 22.7 Å². The zero-order valence-electron chi connectivity index (χ0n) is 24.7. The average molecular weight is 549 g/mol. The molecule has 206 valence electrons. The fourth-order valence-corrected chi connectivity index (χ4v) is 5.28. The third kappa shape index (κ3) is 7.79. The van der Waals surface area contributed by atoms with Crippen molar-refractivity contribution in [1.29, 1.82) is 10.5 Å². The number of fused-ring (bicyclic) bond motifs is 3. The first kappa shape index (κ1) is 33.6. The predicted molar refractivity (Wildman–Crippen MR) is 177 cm³/mol. The molecule has 2 aromatic carbocycles. The van der Waals surface area contributed by atoms with Gasteiger partial charge in [-0.3, -0.25) is 4.98 Å². The summed E-state index contributed by atoms with van der Waals surface area (Å²) < 4.78 is 2.30. The summed E-state index contributed by atoms with van der Waals surface area (Å²) in [4.78, 5) is 4.55. The molecule has 4 rings (SSSR count). The highest BCUT2D eigenvalue weighted by molar-refractivity contribution is 7.25. The summed E-state index contributed by atoms with van der Waals surface area (Å²) in [5.41, 5.74) is 11.5. The van der Waals surface area contributed by atoms with E-state index >= 15 is 0 Å². The molecule has 0 bridgehead atoms. The minimum atomic E-state index is 0.542. The van der Waals surface area contributed by atoms with Gasteiger partial charge in [0.05, 0.1) is 23.4 Å². The first-order chi connectivity index (χ1) is 19.6. The first-order valence-corrected chi connectivity index (χ1v) is 14.6. The maximum absolute atomic E-state index is 9.36.